The van der Waals surface area contributed by atoms with Gasteiger partial charge in [-0.1, -0.05) is 60.7 Å². The monoisotopic (exact) mass is 249 g/mol. The van der Waals surface area contributed by atoms with Gasteiger partial charge in [0.2, 0.25) is 0 Å². The molecule has 0 amide bonds. The predicted octanol–water partition coefficient (Wildman–Crippen LogP) is 4.07. The first kappa shape index (κ1) is 11.8. The van der Waals surface area contributed by atoms with Gasteiger partial charge in [0.15, 0.2) is 0 Å². The maximum atomic E-state index is 5.91. The summed E-state index contributed by atoms with van der Waals surface area (Å²) < 4.78 is 5.75. The lowest BCUT2D eigenvalue weighted by Crippen LogP contribution is -1.98. The van der Waals surface area contributed by atoms with E-state index in [9.17, 15) is 0 Å². The van der Waals surface area contributed by atoms with Crippen molar-refractivity contribution >= 4 is 0 Å². The van der Waals surface area contributed by atoms with Crippen LogP contribution >= 0.6 is 0 Å². The van der Waals surface area contributed by atoms with E-state index < -0.39 is 0 Å². The van der Waals surface area contributed by atoms with Gasteiger partial charge in [-0.3, -0.25) is 0 Å². The van der Waals surface area contributed by atoms with Crippen molar-refractivity contribution < 1.29 is 4.42 Å². The topological polar surface area (TPSA) is 39.2 Å². The number of rotatable bonds is 3. The molecule has 2 aromatic carbocycles. The molecule has 1 heterocycles. The van der Waals surface area contributed by atoms with Crippen LogP contribution in [-0.2, 0) is 6.54 Å². The van der Waals surface area contributed by atoms with Crippen LogP contribution < -0.4 is 5.73 Å². The Kier molecular flexibility index (Phi) is 3.17. The molecule has 94 valence electrons. The zero-order chi connectivity index (χ0) is 13.1. The summed E-state index contributed by atoms with van der Waals surface area (Å²) in [6.07, 6.45) is 1.79. The molecule has 0 aliphatic carbocycles. The second-order valence-electron chi connectivity index (χ2n) is 4.39. The number of benzene rings is 2. The van der Waals surface area contributed by atoms with Gasteiger partial charge in [0.25, 0.3) is 0 Å². The van der Waals surface area contributed by atoms with Gasteiger partial charge in [0.1, 0.15) is 5.76 Å². The van der Waals surface area contributed by atoms with E-state index >= 15 is 0 Å². The lowest BCUT2D eigenvalue weighted by molar-refractivity contribution is 0.580. The fourth-order valence-corrected chi connectivity index (χ4v) is 2.28. The van der Waals surface area contributed by atoms with Crippen molar-refractivity contribution in [3.63, 3.8) is 0 Å². The summed E-state index contributed by atoms with van der Waals surface area (Å²) in [7, 11) is 0. The minimum absolute atomic E-state index is 0.463. The Balaban J connectivity index is 2.13. The molecule has 0 saturated carbocycles. The molecule has 0 saturated heterocycles. The molecular formula is C17H15NO. The molecule has 3 aromatic rings. The van der Waals surface area contributed by atoms with E-state index in [1.807, 2.05) is 48.5 Å². The quantitative estimate of drug-likeness (QED) is 0.759. The van der Waals surface area contributed by atoms with Gasteiger partial charge in [-0.25, -0.2) is 0 Å². The average molecular weight is 249 g/mol. The summed E-state index contributed by atoms with van der Waals surface area (Å²) in [6, 6.07) is 20.2. The molecule has 0 bridgehead atoms. The Bertz CT molecular complexity index is 599. The minimum Gasteiger partial charge on any atom is -0.463 e. The van der Waals surface area contributed by atoms with Crippen LogP contribution in [0, 0.1) is 0 Å². The third-order valence-corrected chi connectivity index (χ3v) is 3.22. The van der Waals surface area contributed by atoms with Gasteiger partial charge >= 0.3 is 0 Å². The van der Waals surface area contributed by atoms with Gasteiger partial charge in [-0.15, -0.1) is 0 Å². The lowest BCUT2D eigenvalue weighted by Gasteiger charge is -2.03. The first-order chi connectivity index (χ1) is 9.40. The van der Waals surface area contributed by atoms with Crippen molar-refractivity contribution in [3.8, 4) is 22.5 Å². The zero-order valence-electron chi connectivity index (χ0n) is 10.5. The Morgan fingerprint density at radius 2 is 1.37 bits per heavy atom. The van der Waals surface area contributed by atoms with Crippen LogP contribution in [0.5, 0.6) is 0 Å². The molecular weight excluding hydrogens is 234 g/mol. The summed E-state index contributed by atoms with van der Waals surface area (Å²) in [6.45, 7) is 0.463. The molecule has 2 N–H and O–H groups in total. The van der Waals surface area contributed by atoms with Crippen LogP contribution in [0.3, 0.4) is 0 Å². The number of nitrogens with two attached hydrogens (primary N) is 1. The van der Waals surface area contributed by atoms with Crippen molar-refractivity contribution in [1.29, 1.82) is 0 Å². The van der Waals surface area contributed by atoms with Crippen molar-refractivity contribution in [3.05, 3.63) is 72.5 Å². The molecule has 0 radical (unpaired) electrons. The van der Waals surface area contributed by atoms with E-state index in [-0.39, 0.29) is 0 Å². The van der Waals surface area contributed by atoms with Crippen LogP contribution in [-0.4, -0.2) is 0 Å². The van der Waals surface area contributed by atoms with Crippen molar-refractivity contribution in [2.45, 2.75) is 6.54 Å². The molecule has 0 atom stereocenters. The second-order valence-corrected chi connectivity index (χ2v) is 4.39. The summed E-state index contributed by atoms with van der Waals surface area (Å²) in [5.41, 5.74) is 10.2. The van der Waals surface area contributed by atoms with E-state index in [1.165, 1.54) is 0 Å². The molecule has 0 aliphatic rings. The SMILES string of the molecule is NCc1c(-c2ccccc2)coc1-c1ccccc1. The summed E-state index contributed by atoms with van der Waals surface area (Å²) in [4.78, 5) is 0. The highest BCUT2D eigenvalue weighted by Crippen LogP contribution is 2.33. The van der Waals surface area contributed by atoms with Crippen LogP contribution in [0.15, 0.2) is 71.3 Å². The first-order valence-corrected chi connectivity index (χ1v) is 6.31. The Morgan fingerprint density at radius 3 is 1.95 bits per heavy atom. The van der Waals surface area contributed by atoms with E-state index in [2.05, 4.69) is 12.1 Å². The largest absolute Gasteiger partial charge is 0.463 e. The highest BCUT2D eigenvalue weighted by atomic mass is 16.3. The normalized spacial score (nSPS) is 10.6. The Hall–Kier alpha value is -2.32. The molecule has 1 aromatic heterocycles. The standard InChI is InChI=1S/C17H15NO/c18-11-15-16(13-7-3-1-4-8-13)12-19-17(15)14-9-5-2-6-10-14/h1-10,12H,11,18H2. The van der Waals surface area contributed by atoms with Crippen LogP contribution in [0.2, 0.25) is 0 Å². The molecule has 2 heteroatoms. The van der Waals surface area contributed by atoms with Crippen LogP contribution in [0.4, 0.5) is 0 Å². The Morgan fingerprint density at radius 1 is 0.789 bits per heavy atom. The maximum absolute atomic E-state index is 5.91. The molecule has 0 aliphatic heterocycles. The zero-order valence-corrected chi connectivity index (χ0v) is 10.5. The highest BCUT2D eigenvalue weighted by molar-refractivity contribution is 5.75. The second kappa shape index (κ2) is 5.12. The minimum atomic E-state index is 0.463. The molecule has 2 nitrogen and oxygen atoms in total. The van der Waals surface area contributed by atoms with Crippen molar-refractivity contribution in [2.24, 2.45) is 5.73 Å². The number of furan rings is 1. The van der Waals surface area contributed by atoms with Gasteiger partial charge in [0, 0.05) is 23.2 Å². The van der Waals surface area contributed by atoms with E-state index in [0.717, 1.165) is 28.0 Å². The van der Waals surface area contributed by atoms with E-state index in [4.69, 9.17) is 10.2 Å². The fraction of sp³-hybridized carbons (Fsp3) is 0.0588. The predicted molar refractivity (Wildman–Crippen MR) is 77.5 cm³/mol. The van der Waals surface area contributed by atoms with Gasteiger partial charge in [0.05, 0.1) is 6.26 Å². The van der Waals surface area contributed by atoms with Gasteiger partial charge in [-0.05, 0) is 5.56 Å². The molecule has 19 heavy (non-hydrogen) atoms. The van der Waals surface area contributed by atoms with E-state index in [1.54, 1.807) is 6.26 Å². The lowest BCUT2D eigenvalue weighted by atomic mass is 10.0. The van der Waals surface area contributed by atoms with Crippen molar-refractivity contribution in [2.75, 3.05) is 0 Å². The number of hydrogen-bond acceptors (Lipinski definition) is 2. The molecule has 0 fully saturated rings. The average Bonchev–Trinajstić information content (AvgIpc) is 2.93. The van der Waals surface area contributed by atoms with Crippen molar-refractivity contribution in [1.82, 2.24) is 0 Å². The summed E-state index contributed by atoms with van der Waals surface area (Å²) in [5, 5.41) is 0. The smallest absolute Gasteiger partial charge is 0.138 e. The van der Waals surface area contributed by atoms with Gasteiger partial charge < -0.3 is 10.2 Å². The molecule has 0 unspecified atom stereocenters. The van der Waals surface area contributed by atoms with Crippen LogP contribution in [0.1, 0.15) is 5.56 Å². The first-order valence-electron chi connectivity index (χ1n) is 6.31. The molecule has 0 spiro atoms. The number of hydrogen-bond donors (Lipinski definition) is 1. The fourth-order valence-electron chi connectivity index (χ4n) is 2.28. The molecule has 3 rings (SSSR count). The van der Waals surface area contributed by atoms with Crippen LogP contribution in [0.25, 0.3) is 22.5 Å². The maximum Gasteiger partial charge on any atom is 0.138 e. The highest BCUT2D eigenvalue weighted by Gasteiger charge is 2.14. The van der Waals surface area contributed by atoms with E-state index in [0.29, 0.717) is 6.54 Å². The van der Waals surface area contributed by atoms with Gasteiger partial charge in [-0.2, -0.15) is 0 Å². The third kappa shape index (κ3) is 2.18. The summed E-state index contributed by atoms with van der Waals surface area (Å²) >= 11 is 0. The Labute approximate surface area is 112 Å². The summed E-state index contributed by atoms with van der Waals surface area (Å²) in [5.74, 6) is 0.863. The third-order valence-electron chi connectivity index (χ3n) is 3.22.